The predicted octanol–water partition coefficient (Wildman–Crippen LogP) is 3.30. The molecule has 0 aliphatic heterocycles. The fraction of sp³-hybridized carbons (Fsp3) is 0.833. The lowest BCUT2D eigenvalue weighted by Gasteiger charge is -2.31. The van der Waals surface area contributed by atoms with Crippen molar-refractivity contribution < 1.29 is 28.6 Å². The van der Waals surface area contributed by atoms with Crippen LogP contribution in [0.15, 0.2) is 0 Å². The summed E-state index contributed by atoms with van der Waals surface area (Å²) in [4.78, 5) is 37.0. The van der Waals surface area contributed by atoms with Gasteiger partial charge in [0.25, 0.3) is 0 Å². The summed E-state index contributed by atoms with van der Waals surface area (Å²) in [5.74, 6) is -0.731. The number of nitrogens with zero attached hydrogens (tertiary/aromatic N) is 1. The van der Waals surface area contributed by atoms with E-state index in [9.17, 15) is 14.4 Å². The van der Waals surface area contributed by atoms with Crippen LogP contribution in [0.5, 0.6) is 0 Å². The van der Waals surface area contributed by atoms with Crippen LogP contribution in [0.1, 0.15) is 67.2 Å². The molecule has 1 unspecified atom stereocenters. The van der Waals surface area contributed by atoms with Gasteiger partial charge in [0.05, 0.1) is 13.2 Å². The van der Waals surface area contributed by atoms with Crippen LogP contribution in [-0.4, -0.2) is 54.3 Å². The van der Waals surface area contributed by atoms with E-state index in [-0.39, 0.29) is 31.6 Å². The number of rotatable bonds is 10. The molecule has 0 rings (SSSR count). The summed E-state index contributed by atoms with van der Waals surface area (Å²) in [6, 6.07) is -0.266. The molecule has 0 aromatic rings. The lowest BCUT2D eigenvalue weighted by molar-refractivity contribution is -0.145. The van der Waals surface area contributed by atoms with E-state index >= 15 is 0 Å². The second-order valence-corrected chi connectivity index (χ2v) is 6.87. The Labute approximate surface area is 151 Å². The Hall–Kier alpha value is -1.79. The number of hydrogen-bond donors (Lipinski definition) is 0. The fourth-order valence-electron chi connectivity index (χ4n) is 2.05. The first-order valence-corrected chi connectivity index (χ1v) is 8.91. The maximum Gasteiger partial charge on any atom is 0.411 e. The van der Waals surface area contributed by atoms with Crippen LogP contribution < -0.4 is 0 Å². The minimum Gasteiger partial charge on any atom is -0.466 e. The summed E-state index contributed by atoms with van der Waals surface area (Å²) in [5, 5.41) is 0. The van der Waals surface area contributed by atoms with Gasteiger partial charge in [0.15, 0.2) is 0 Å². The highest BCUT2D eigenvalue weighted by atomic mass is 16.6. The van der Waals surface area contributed by atoms with Gasteiger partial charge < -0.3 is 14.2 Å². The van der Waals surface area contributed by atoms with Crippen LogP contribution in [-0.2, 0) is 23.8 Å². The van der Waals surface area contributed by atoms with E-state index in [1.165, 1.54) is 4.90 Å². The first-order chi connectivity index (χ1) is 11.6. The third kappa shape index (κ3) is 11.4. The quantitative estimate of drug-likeness (QED) is 0.440. The summed E-state index contributed by atoms with van der Waals surface area (Å²) in [7, 11) is 0. The van der Waals surface area contributed by atoms with Crippen molar-refractivity contribution in [3.05, 3.63) is 0 Å². The maximum absolute atomic E-state index is 12.4. The van der Waals surface area contributed by atoms with Gasteiger partial charge >= 0.3 is 18.0 Å². The number of ether oxygens (including phenoxy) is 3. The third-order valence-corrected chi connectivity index (χ3v) is 3.23. The normalized spacial score (nSPS) is 12.2. The average molecular weight is 359 g/mol. The Bertz CT molecular complexity index is 430. The van der Waals surface area contributed by atoms with Gasteiger partial charge in [-0.2, -0.15) is 0 Å². The molecule has 7 heteroatoms. The van der Waals surface area contributed by atoms with Gasteiger partial charge in [0, 0.05) is 12.5 Å². The number of carbonyl (C=O) groups excluding carboxylic acids is 3. The fourth-order valence-corrected chi connectivity index (χ4v) is 2.05. The van der Waals surface area contributed by atoms with Crippen molar-refractivity contribution >= 4 is 18.0 Å². The van der Waals surface area contributed by atoms with Gasteiger partial charge in [-0.3, -0.25) is 14.5 Å². The maximum atomic E-state index is 12.4. The van der Waals surface area contributed by atoms with Crippen LogP contribution in [0, 0.1) is 0 Å². The van der Waals surface area contributed by atoms with Crippen molar-refractivity contribution in [2.75, 3.05) is 19.8 Å². The number of amides is 1. The summed E-state index contributed by atoms with van der Waals surface area (Å²) >= 11 is 0. The lowest BCUT2D eigenvalue weighted by atomic mass is 10.1. The number of carbonyl (C=O) groups is 3. The van der Waals surface area contributed by atoms with Gasteiger partial charge in [-0.05, 0) is 53.9 Å². The molecule has 0 aliphatic rings. The Morgan fingerprint density at radius 1 is 1.04 bits per heavy atom. The van der Waals surface area contributed by atoms with Crippen LogP contribution in [0.25, 0.3) is 0 Å². The van der Waals surface area contributed by atoms with E-state index in [2.05, 4.69) is 0 Å². The third-order valence-electron chi connectivity index (χ3n) is 3.23. The molecule has 25 heavy (non-hydrogen) atoms. The minimum absolute atomic E-state index is 0.176. The van der Waals surface area contributed by atoms with Crippen LogP contribution >= 0.6 is 0 Å². The zero-order valence-electron chi connectivity index (χ0n) is 16.4. The summed E-state index contributed by atoms with van der Waals surface area (Å²) in [5.41, 5.74) is -0.659. The van der Waals surface area contributed by atoms with Gasteiger partial charge in [-0.15, -0.1) is 0 Å². The molecule has 0 heterocycles. The van der Waals surface area contributed by atoms with E-state index in [0.29, 0.717) is 19.4 Å². The molecule has 0 aromatic carbocycles. The first kappa shape index (κ1) is 23.2. The van der Waals surface area contributed by atoms with Gasteiger partial charge in [-0.25, -0.2) is 4.79 Å². The highest BCUT2D eigenvalue weighted by molar-refractivity contribution is 5.78. The van der Waals surface area contributed by atoms with E-state index in [1.54, 1.807) is 27.7 Å². The second-order valence-electron chi connectivity index (χ2n) is 6.87. The zero-order chi connectivity index (χ0) is 19.5. The topological polar surface area (TPSA) is 82.1 Å². The molecule has 146 valence electrons. The van der Waals surface area contributed by atoms with E-state index in [1.807, 2.05) is 13.8 Å². The highest BCUT2D eigenvalue weighted by Crippen LogP contribution is 2.15. The molecule has 0 spiro atoms. The molecular weight excluding hydrogens is 326 g/mol. The van der Waals surface area contributed by atoms with Crippen LogP contribution in [0.4, 0.5) is 4.79 Å². The second kappa shape index (κ2) is 11.7. The average Bonchev–Trinajstić information content (AvgIpc) is 2.48. The Balaban J connectivity index is 4.69. The molecule has 7 nitrogen and oxygen atoms in total. The van der Waals surface area contributed by atoms with E-state index in [0.717, 1.165) is 6.42 Å². The Morgan fingerprint density at radius 3 is 2.20 bits per heavy atom. The van der Waals surface area contributed by atoms with Gasteiger partial charge in [0.2, 0.25) is 0 Å². The molecule has 0 aliphatic carbocycles. The van der Waals surface area contributed by atoms with Crippen LogP contribution in [0.3, 0.4) is 0 Å². The zero-order valence-corrected chi connectivity index (χ0v) is 16.4. The molecule has 0 aromatic heterocycles. The molecule has 0 N–H and O–H groups in total. The summed E-state index contributed by atoms with van der Waals surface area (Å²) in [6.45, 7) is 11.3. The van der Waals surface area contributed by atoms with Crippen molar-refractivity contribution in [2.45, 2.75) is 78.9 Å². The largest absolute Gasteiger partial charge is 0.466 e. The molecule has 0 saturated carbocycles. The first-order valence-electron chi connectivity index (χ1n) is 8.91. The van der Waals surface area contributed by atoms with Gasteiger partial charge in [0.1, 0.15) is 12.1 Å². The Morgan fingerprint density at radius 2 is 1.68 bits per heavy atom. The molecule has 0 saturated heterocycles. The molecular formula is C18H33NO6. The van der Waals surface area contributed by atoms with Crippen molar-refractivity contribution in [3.63, 3.8) is 0 Å². The monoisotopic (exact) mass is 359 g/mol. The molecule has 1 amide bonds. The van der Waals surface area contributed by atoms with Crippen molar-refractivity contribution in [3.8, 4) is 0 Å². The van der Waals surface area contributed by atoms with Crippen molar-refractivity contribution in [1.29, 1.82) is 0 Å². The Kier molecular flexibility index (Phi) is 10.9. The van der Waals surface area contributed by atoms with Crippen molar-refractivity contribution in [2.24, 2.45) is 0 Å². The van der Waals surface area contributed by atoms with E-state index in [4.69, 9.17) is 14.2 Å². The minimum atomic E-state index is -0.659. The van der Waals surface area contributed by atoms with E-state index < -0.39 is 17.7 Å². The molecule has 0 fully saturated rings. The highest BCUT2D eigenvalue weighted by Gasteiger charge is 2.28. The lowest BCUT2D eigenvalue weighted by Crippen LogP contribution is -2.45. The molecule has 1 atom stereocenters. The van der Waals surface area contributed by atoms with Crippen molar-refractivity contribution in [1.82, 2.24) is 4.90 Å². The predicted molar refractivity (Wildman–Crippen MR) is 94.1 cm³/mol. The SMILES string of the molecule is CCCOC(=O)CCCC(C)N(CC(=O)OCC)C(=O)OC(C)(C)C. The standard InChI is InChI=1S/C18H33NO6/c1-7-12-24-15(20)11-9-10-14(3)19(13-16(21)23-8-2)17(22)25-18(4,5)6/h14H,7-13H2,1-6H3. The molecule has 0 radical (unpaired) electrons. The summed E-state index contributed by atoms with van der Waals surface area (Å²) < 4.78 is 15.3. The van der Waals surface area contributed by atoms with Crippen LogP contribution in [0.2, 0.25) is 0 Å². The molecule has 0 bridgehead atoms. The number of esters is 2. The number of hydrogen-bond acceptors (Lipinski definition) is 6. The smallest absolute Gasteiger partial charge is 0.411 e. The summed E-state index contributed by atoms with van der Waals surface area (Å²) in [6.07, 6.45) is 1.62. The van der Waals surface area contributed by atoms with Gasteiger partial charge in [-0.1, -0.05) is 6.92 Å².